The third kappa shape index (κ3) is 5.67. The van der Waals surface area contributed by atoms with Crippen molar-refractivity contribution in [3.63, 3.8) is 0 Å². The molecule has 1 aliphatic heterocycles. The Bertz CT molecular complexity index is 1310. The van der Waals surface area contributed by atoms with Crippen LogP contribution in [0.1, 0.15) is 49.9 Å². The topological polar surface area (TPSA) is 85.3 Å². The highest BCUT2D eigenvalue weighted by atomic mass is 16.5. The molecule has 0 saturated carbocycles. The van der Waals surface area contributed by atoms with Crippen molar-refractivity contribution < 1.29 is 28.9 Å². The van der Waals surface area contributed by atoms with E-state index in [1.165, 1.54) is 12.0 Å². The summed E-state index contributed by atoms with van der Waals surface area (Å²) < 4.78 is 17.3. The third-order valence-corrected chi connectivity index (χ3v) is 6.24. The molecule has 7 heteroatoms. The third-order valence-electron chi connectivity index (χ3n) is 6.24. The van der Waals surface area contributed by atoms with Crippen molar-refractivity contribution in [2.45, 2.75) is 45.9 Å². The fraction of sp³-hybridized carbons (Fsp3) is 0.290. The van der Waals surface area contributed by atoms with Gasteiger partial charge in [0.25, 0.3) is 11.7 Å². The van der Waals surface area contributed by atoms with E-state index in [0.29, 0.717) is 47.9 Å². The molecule has 1 aliphatic rings. The molecule has 0 bridgehead atoms. The fourth-order valence-corrected chi connectivity index (χ4v) is 4.53. The highest BCUT2D eigenvalue weighted by Crippen LogP contribution is 2.42. The minimum atomic E-state index is -0.765. The van der Waals surface area contributed by atoms with E-state index in [9.17, 15) is 14.7 Å². The van der Waals surface area contributed by atoms with E-state index in [1.807, 2.05) is 51.1 Å². The van der Waals surface area contributed by atoms with Crippen LogP contribution in [0, 0.1) is 0 Å². The molecule has 1 atom stereocenters. The molecule has 0 aliphatic carbocycles. The lowest BCUT2D eigenvalue weighted by atomic mass is 9.95. The van der Waals surface area contributed by atoms with E-state index in [0.717, 1.165) is 5.56 Å². The van der Waals surface area contributed by atoms with Crippen LogP contribution in [0.3, 0.4) is 0 Å². The lowest BCUT2D eigenvalue weighted by molar-refractivity contribution is -0.139. The lowest BCUT2D eigenvalue weighted by Gasteiger charge is -2.25. The van der Waals surface area contributed by atoms with Gasteiger partial charge >= 0.3 is 0 Å². The van der Waals surface area contributed by atoms with Gasteiger partial charge in [0.15, 0.2) is 11.5 Å². The normalized spacial score (nSPS) is 16.7. The van der Waals surface area contributed by atoms with Crippen LogP contribution in [0.25, 0.3) is 5.76 Å². The van der Waals surface area contributed by atoms with Gasteiger partial charge < -0.3 is 24.2 Å². The van der Waals surface area contributed by atoms with Crippen molar-refractivity contribution in [1.29, 1.82) is 0 Å². The van der Waals surface area contributed by atoms with E-state index in [4.69, 9.17) is 14.2 Å². The van der Waals surface area contributed by atoms with Crippen molar-refractivity contribution in [3.05, 3.63) is 95.1 Å². The Morgan fingerprint density at radius 3 is 2.32 bits per heavy atom. The second kappa shape index (κ2) is 11.9. The number of hydrogen-bond donors (Lipinski definition) is 1. The first-order chi connectivity index (χ1) is 18.3. The van der Waals surface area contributed by atoms with Gasteiger partial charge in [-0.3, -0.25) is 9.59 Å². The molecular weight excluding hydrogens is 482 g/mol. The number of carbonyl (C=O) groups is 2. The van der Waals surface area contributed by atoms with Crippen molar-refractivity contribution in [1.82, 2.24) is 4.90 Å². The maximum Gasteiger partial charge on any atom is 0.295 e. The van der Waals surface area contributed by atoms with Gasteiger partial charge in [0.1, 0.15) is 18.1 Å². The Balaban J connectivity index is 1.72. The largest absolute Gasteiger partial charge is 0.507 e. The number of Topliss-reactive ketones (excluding diaryl/α,β-unsaturated/α-hetero) is 1. The maximum absolute atomic E-state index is 13.2. The zero-order valence-corrected chi connectivity index (χ0v) is 22.1. The average molecular weight is 516 g/mol. The molecule has 7 nitrogen and oxygen atoms in total. The second-order valence-electron chi connectivity index (χ2n) is 9.37. The van der Waals surface area contributed by atoms with Gasteiger partial charge in [-0.15, -0.1) is 0 Å². The molecule has 3 aromatic carbocycles. The summed E-state index contributed by atoms with van der Waals surface area (Å²) in [5.74, 6) is 0.0686. The number of aliphatic hydroxyl groups excluding tert-OH is 1. The molecule has 3 aromatic rings. The molecule has 38 heavy (non-hydrogen) atoms. The van der Waals surface area contributed by atoms with Crippen molar-refractivity contribution >= 4 is 17.4 Å². The van der Waals surface area contributed by atoms with Crippen molar-refractivity contribution in [3.8, 4) is 17.2 Å². The summed E-state index contributed by atoms with van der Waals surface area (Å²) >= 11 is 0. The maximum atomic E-state index is 13.2. The second-order valence-corrected chi connectivity index (χ2v) is 9.37. The molecular formula is C31H33NO6. The monoisotopic (exact) mass is 515 g/mol. The van der Waals surface area contributed by atoms with Crippen molar-refractivity contribution in [2.75, 3.05) is 13.7 Å². The first kappa shape index (κ1) is 26.8. The van der Waals surface area contributed by atoms with E-state index >= 15 is 0 Å². The number of ketones is 1. The van der Waals surface area contributed by atoms with E-state index in [-0.39, 0.29) is 17.4 Å². The predicted molar refractivity (Wildman–Crippen MR) is 145 cm³/mol. The number of likely N-dealkylation sites (tertiary alicyclic amines) is 1. The first-order valence-electron chi connectivity index (χ1n) is 12.7. The summed E-state index contributed by atoms with van der Waals surface area (Å²) in [5, 5.41) is 11.3. The Morgan fingerprint density at radius 1 is 0.974 bits per heavy atom. The van der Waals surface area contributed by atoms with Crippen LogP contribution in [-0.2, 0) is 16.2 Å². The standard InChI is InChI=1S/C31H33NO6/c1-5-17-32-28(23-13-16-25(26(18-23)36-4)37-19-21-9-7-6-8-10-21)27(30(34)31(32)35)29(33)22-11-14-24(15-12-22)38-20(2)3/h6-16,18,20,28,33H,5,17,19H2,1-4H3/b29-27-. The number of hydrogen-bond acceptors (Lipinski definition) is 6. The molecule has 1 saturated heterocycles. The molecule has 198 valence electrons. The zero-order valence-electron chi connectivity index (χ0n) is 22.1. The number of nitrogens with zero attached hydrogens (tertiary/aromatic N) is 1. The smallest absolute Gasteiger partial charge is 0.295 e. The molecule has 1 fully saturated rings. The summed E-state index contributed by atoms with van der Waals surface area (Å²) in [7, 11) is 1.54. The number of ether oxygens (including phenoxy) is 3. The molecule has 1 N–H and O–H groups in total. The number of benzene rings is 3. The van der Waals surface area contributed by atoms with Crippen LogP contribution in [-0.4, -0.2) is 41.5 Å². The van der Waals surface area contributed by atoms with Crippen LogP contribution < -0.4 is 14.2 Å². The van der Waals surface area contributed by atoms with Gasteiger partial charge in [0, 0.05) is 12.1 Å². The zero-order chi connectivity index (χ0) is 27.2. The number of aliphatic hydroxyl groups is 1. The van der Waals surface area contributed by atoms with Gasteiger partial charge in [-0.1, -0.05) is 43.3 Å². The minimum Gasteiger partial charge on any atom is -0.507 e. The van der Waals surface area contributed by atoms with E-state index in [1.54, 1.807) is 42.5 Å². The fourth-order valence-electron chi connectivity index (χ4n) is 4.53. The molecule has 0 aromatic heterocycles. The predicted octanol–water partition coefficient (Wildman–Crippen LogP) is 5.89. The minimum absolute atomic E-state index is 0.00319. The molecule has 1 unspecified atom stereocenters. The Kier molecular flexibility index (Phi) is 8.36. The number of carbonyl (C=O) groups excluding carboxylic acids is 2. The van der Waals surface area contributed by atoms with Crippen LogP contribution in [0.5, 0.6) is 17.2 Å². The SMILES string of the molecule is CCCN1C(=O)C(=O)/C(=C(\O)c2ccc(OC(C)C)cc2)C1c1ccc(OCc2ccccc2)c(OC)c1. The lowest BCUT2D eigenvalue weighted by Crippen LogP contribution is -2.30. The number of methoxy groups -OCH3 is 1. The number of amides is 1. The summed E-state index contributed by atoms with van der Waals surface area (Å²) in [6.45, 7) is 6.51. The molecule has 4 rings (SSSR count). The van der Waals surface area contributed by atoms with Gasteiger partial charge in [-0.05, 0) is 67.8 Å². The molecule has 0 radical (unpaired) electrons. The van der Waals surface area contributed by atoms with Gasteiger partial charge in [-0.25, -0.2) is 0 Å². The summed E-state index contributed by atoms with van der Waals surface area (Å²) in [4.78, 5) is 27.7. The van der Waals surface area contributed by atoms with Crippen LogP contribution in [0.4, 0.5) is 0 Å². The van der Waals surface area contributed by atoms with E-state index in [2.05, 4.69) is 0 Å². The van der Waals surface area contributed by atoms with Gasteiger partial charge in [-0.2, -0.15) is 0 Å². The van der Waals surface area contributed by atoms with E-state index < -0.39 is 17.7 Å². The van der Waals surface area contributed by atoms with Gasteiger partial charge in [0.2, 0.25) is 0 Å². The van der Waals surface area contributed by atoms with Gasteiger partial charge in [0.05, 0.1) is 24.8 Å². The highest BCUT2D eigenvalue weighted by molar-refractivity contribution is 6.46. The molecule has 0 spiro atoms. The van der Waals surface area contributed by atoms with Crippen molar-refractivity contribution in [2.24, 2.45) is 0 Å². The molecule has 1 amide bonds. The Labute approximate surface area is 223 Å². The number of rotatable bonds is 10. The Hall–Kier alpha value is -4.26. The summed E-state index contributed by atoms with van der Waals surface area (Å²) in [6.07, 6.45) is 0.656. The summed E-state index contributed by atoms with van der Waals surface area (Å²) in [6, 6.07) is 21.2. The van der Waals surface area contributed by atoms with Crippen LogP contribution >= 0.6 is 0 Å². The Morgan fingerprint density at radius 2 is 1.68 bits per heavy atom. The summed E-state index contributed by atoms with van der Waals surface area (Å²) in [5.41, 5.74) is 2.12. The molecule has 1 heterocycles. The van der Waals surface area contributed by atoms with Crippen LogP contribution in [0.15, 0.2) is 78.4 Å². The first-order valence-corrected chi connectivity index (χ1v) is 12.7. The average Bonchev–Trinajstić information content (AvgIpc) is 3.17. The highest BCUT2D eigenvalue weighted by Gasteiger charge is 2.45. The quantitative estimate of drug-likeness (QED) is 0.206. The van der Waals surface area contributed by atoms with Crippen LogP contribution in [0.2, 0.25) is 0 Å².